The van der Waals surface area contributed by atoms with Crippen LogP contribution in [0.5, 0.6) is 0 Å². The Morgan fingerprint density at radius 1 is 1.29 bits per heavy atom. The molecule has 0 spiro atoms. The summed E-state index contributed by atoms with van der Waals surface area (Å²) in [6.45, 7) is 3.12. The number of hydrogen-bond acceptors (Lipinski definition) is 3. The molecule has 0 amide bonds. The number of fused-ring (bicyclic) bond motifs is 1. The molecule has 3 rings (SSSR count). The van der Waals surface area contributed by atoms with Crippen molar-refractivity contribution >= 4 is 0 Å². The van der Waals surface area contributed by atoms with E-state index in [1.165, 1.54) is 24.8 Å². The normalized spacial score (nSPS) is 19.0. The molecule has 21 heavy (non-hydrogen) atoms. The zero-order chi connectivity index (χ0) is 14.5. The predicted molar refractivity (Wildman–Crippen MR) is 85.2 cm³/mol. The quantitative estimate of drug-likeness (QED) is 0.909. The third-order valence-corrected chi connectivity index (χ3v) is 4.43. The van der Waals surface area contributed by atoms with Gasteiger partial charge in [-0.15, -0.1) is 0 Å². The molecule has 110 valence electrons. The number of rotatable bonds is 5. The highest BCUT2D eigenvalue weighted by atomic mass is 14.9. The first kappa shape index (κ1) is 14.2. The second-order valence-corrected chi connectivity index (χ2v) is 5.77. The standard InChI is InChI=1S/C18H23N3/c1-2-20-18(17-10-11-19-13-21-17)12-15-8-5-7-14-6-3-4-9-16(14)15/h3-4,6,9-11,13,15,18,20H,2,5,7-8,12H2,1H3. The SMILES string of the molecule is CCNC(CC1CCCc2ccccc21)c1ccncn1. The number of aryl methyl sites for hydroxylation is 1. The molecule has 1 aliphatic rings. The summed E-state index contributed by atoms with van der Waals surface area (Å²) in [6.07, 6.45) is 8.40. The first-order valence-corrected chi connectivity index (χ1v) is 7.95. The molecule has 0 saturated heterocycles. The number of nitrogens with zero attached hydrogens (tertiary/aromatic N) is 2. The largest absolute Gasteiger partial charge is 0.309 e. The number of hydrogen-bond donors (Lipinski definition) is 1. The maximum atomic E-state index is 4.45. The van der Waals surface area contributed by atoms with Gasteiger partial charge in [-0.25, -0.2) is 9.97 Å². The summed E-state index contributed by atoms with van der Waals surface area (Å²) < 4.78 is 0. The van der Waals surface area contributed by atoms with E-state index >= 15 is 0 Å². The molecule has 1 heterocycles. The van der Waals surface area contributed by atoms with E-state index in [-0.39, 0.29) is 0 Å². The lowest BCUT2D eigenvalue weighted by Crippen LogP contribution is -2.25. The third kappa shape index (κ3) is 3.30. The highest BCUT2D eigenvalue weighted by Crippen LogP contribution is 2.37. The van der Waals surface area contributed by atoms with Gasteiger partial charge in [0.2, 0.25) is 0 Å². The smallest absolute Gasteiger partial charge is 0.115 e. The Morgan fingerprint density at radius 2 is 2.19 bits per heavy atom. The molecule has 1 aromatic heterocycles. The summed E-state index contributed by atoms with van der Waals surface area (Å²) in [4.78, 5) is 8.48. The maximum absolute atomic E-state index is 4.45. The number of benzene rings is 1. The van der Waals surface area contributed by atoms with Crippen LogP contribution in [-0.2, 0) is 6.42 Å². The number of nitrogens with one attached hydrogen (secondary N) is 1. The van der Waals surface area contributed by atoms with Crippen LogP contribution in [0, 0.1) is 0 Å². The first-order valence-electron chi connectivity index (χ1n) is 7.95. The van der Waals surface area contributed by atoms with E-state index < -0.39 is 0 Å². The van der Waals surface area contributed by atoms with Crippen molar-refractivity contribution in [3.05, 3.63) is 59.7 Å². The fraction of sp³-hybridized carbons (Fsp3) is 0.444. The van der Waals surface area contributed by atoms with Crippen LogP contribution in [0.3, 0.4) is 0 Å². The van der Waals surface area contributed by atoms with E-state index in [4.69, 9.17) is 0 Å². The van der Waals surface area contributed by atoms with Gasteiger partial charge >= 0.3 is 0 Å². The van der Waals surface area contributed by atoms with E-state index in [9.17, 15) is 0 Å². The molecule has 2 unspecified atom stereocenters. The van der Waals surface area contributed by atoms with Crippen LogP contribution in [0.25, 0.3) is 0 Å². The van der Waals surface area contributed by atoms with Gasteiger partial charge in [0.25, 0.3) is 0 Å². The predicted octanol–water partition coefficient (Wildman–Crippen LogP) is 3.64. The molecular formula is C18H23N3. The van der Waals surface area contributed by atoms with Crippen molar-refractivity contribution in [1.29, 1.82) is 0 Å². The average Bonchev–Trinajstić information content (AvgIpc) is 2.55. The van der Waals surface area contributed by atoms with E-state index in [1.54, 1.807) is 11.9 Å². The van der Waals surface area contributed by atoms with Crippen LogP contribution < -0.4 is 5.32 Å². The first-order chi connectivity index (χ1) is 10.4. The lowest BCUT2D eigenvalue weighted by molar-refractivity contribution is 0.419. The molecule has 0 aliphatic heterocycles. The Morgan fingerprint density at radius 3 is 3.00 bits per heavy atom. The van der Waals surface area contributed by atoms with Gasteiger partial charge in [0.05, 0.1) is 11.7 Å². The summed E-state index contributed by atoms with van der Waals surface area (Å²) in [7, 11) is 0. The van der Waals surface area contributed by atoms with Gasteiger partial charge in [-0.1, -0.05) is 31.2 Å². The lowest BCUT2D eigenvalue weighted by atomic mass is 9.79. The van der Waals surface area contributed by atoms with Gasteiger partial charge in [-0.05, 0) is 55.3 Å². The van der Waals surface area contributed by atoms with Gasteiger partial charge in [0, 0.05) is 6.20 Å². The van der Waals surface area contributed by atoms with E-state index in [0.29, 0.717) is 12.0 Å². The van der Waals surface area contributed by atoms with Crippen molar-refractivity contribution in [2.24, 2.45) is 0 Å². The fourth-order valence-corrected chi connectivity index (χ4v) is 3.45. The van der Waals surface area contributed by atoms with Crippen LogP contribution in [0.15, 0.2) is 42.9 Å². The van der Waals surface area contributed by atoms with Crippen molar-refractivity contribution in [2.75, 3.05) is 6.54 Å². The topological polar surface area (TPSA) is 37.8 Å². The Labute approximate surface area is 126 Å². The fourth-order valence-electron chi connectivity index (χ4n) is 3.45. The highest BCUT2D eigenvalue weighted by Gasteiger charge is 2.24. The van der Waals surface area contributed by atoms with Crippen LogP contribution in [0.2, 0.25) is 0 Å². The maximum Gasteiger partial charge on any atom is 0.115 e. The highest BCUT2D eigenvalue weighted by molar-refractivity contribution is 5.33. The van der Waals surface area contributed by atoms with Crippen molar-refractivity contribution in [2.45, 2.75) is 44.6 Å². The number of aromatic nitrogens is 2. The van der Waals surface area contributed by atoms with Crippen molar-refractivity contribution in [3.8, 4) is 0 Å². The monoisotopic (exact) mass is 281 g/mol. The third-order valence-electron chi connectivity index (χ3n) is 4.43. The van der Waals surface area contributed by atoms with Gasteiger partial charge in [0.1, 0.15) is 6.33 Å². The minimum Gasteiger partial charge on any atom is -0.309 e. The summed E-state index contributed by atoms with van der Waals surface area (Å²) in [5.74, 6) is 0.633. The van der Waals surface area contributed by atoms with E-state index in [1.807, 2.05) is 12.3 Å². The molecule has 0 radical (unpaired) electrons. The Bertz CT molecular complexity index is 568. The summed E-state index contributed by atoms with van der Waals surface area (Å²) in [5.41, 5.74) is 4.18. The van der Waals surface area contributed by atoms with Gasteiger partial charge in [0.15, 0.2) is 0 Å². The van der Waals surface area contributed by atoms with E-state index in [0.717, 1.165) is 18.7 Å². The van der Waals surface area contributed by atoms with Crippen molar-refractivity contribution < 1.29 is 0 Å². The molecule has 2 atom stereocenters. The minimum absolute atomic E-state index is 0.314. The van der Waals surface area contributed by atoms with Crippen LogP contribution in [0.4, 0.5) is 0 Å². The second kappa shape index (κ2) is 6.81. The van der Waals surface area contributed by atoms with Gasteiger partial charge in [-0.3, -0.25) is 0 Å². The molecule has 0 saturated carbocycles. The molecule has 3 nitrogen and oxygen atoms in total. The summed E-state index contributed by atoms with van der Waals surface area (Å²) in [5, 5.41) is 3.59. The van der Waals surface area contributed by atoms with Crippen LogP contribution in [0.1, 0.15) is 55.0 Å². The lowest BCUT2D eigenvalue weighted by Gasteiger charge is -2.29. The molecule has 2 aromatic rings. The zero-order valence-corrected chi connectivity index (χ0v) is 12.6. The van der Waals surface area contributed by atoms with Gasteiger partial charge in [-0.2, -0.15) is 0 Å². The van der Waals surface area contributed by atoms with Crippen molar-refractivity contribution in [3.63, 3.8) is 0 Å². The average molecular weight is 281 g/mol. The molecular weight excluding hydrogens is 258 g/mol. The molecule has 0 bridgehead atoms. The van der Waals surface area contributed by atoms with Crippen LogP contribution >= 0.6 is 0 Å². The molecule has 3 heteroatoms. The molecule has 1 aliphatic carbocycles. The Balaban J connectivity index is 1.81. The van der Waals surface area contributed by atoms with Crippen LogP contribution in [-0.4, -0.2) is 16.5 Å². The van der Waals surface area contributed by atoms with E-state index in [2.05, 4.69) is 46.5 Å². The second-order valence-electron chi connectivity index (χ2n) is 5.77. The molecule has 1 N–H and O–H groups in total. The zero-order valence-electron chi connectivity index (χ0n) is 12.6. The minimum atomic E-state index is 0.314. The Hall–Kier alpha value is -1.74. The Kier molecular flexibility index (Phi) is 4.61. The summed E-state index contributed by atoms with van der Waals surface area (Å²) >= 11 is 0. The molecule has 1 aromatic carbocycles. The summed E-state index contributed by atoms with van der Waals surface area (Å²) in [6, 6.07) is 11.3. The molecule has 0 fully saturated rings. The van der Waals surface area contributed by atoms with Crippen molar-refractivity contribution in [1.82, 2.24) is 15.3 Å². The van der Waals surface area contributed by atoms with Gasteiger partial charge < -0.3 is 5.32 Å².